The summed E-state index contributed by atoms with van der Waals surface area (Å²) in [5.74, 6) is 0.474. The minimum atomic E-state index is -0.365. The molecule has 0 saturated carbocycles. The van der Waals surface area contributed by atoms with Crippen molar-refractivity contribution in [3.8, 4) is 11.6 Å². The highest BCUT2D eigenvalue weighted by Crippen LogP contribution is 2.17. The fourth-order valence-electron chi connectivity index (χ4n) is 2.12. The van der Waals surface area contributed by atoms with E-state index in [1.54, 1.807) is 31.2 Å². The molecule has 2 aromatic heterocycles. The Balaban J connectivity index is 1.88. The number of nitrogens with zero attached hydrogens (tertiary/aromatic N) is 3. The first-order chi connectivity index (χ1) is 10.1. The van der Waals surface area contributed by atoms with Gasteiger partial charge in [0.1, 0.15) is 5.82 Å². The first-order valence-electron chi connectivity index (χ1n) is 6.47. The summed E-state index contributed by atoms with van der Waals surface area (Å²) in [6.45, 7) is 2.08. The SMILES string of the molecule is Cc1cc(-c2n[nH]c(=O)n2CCc2ccccc2F)on1. The Morgan fingerprint density at radius 1 is 1.38 bits per heavy atom. The number of aromatic amines is 1. The average Bonchev–Trinajstić information content (AvgIpc) is 3.04. The van der Waals surface area contributed by atoms with Gasteiger partial charge >= 0.3 is 5.69 Å². The van der Waals surface area contributed by atoms with Crippen molar-refractivity contribution < 1.29 is 8.91 Å². The predicted molar refractivity (Wildman–Crippen MR) is 73.2 cm³/mol. The third-order valence-corrected chi connectivity index (χ3v) is 3.17. The lowest BCUT2D eigenvalue weighted by atomic mass is 10.1. The molecule has 2 heterocycles. The molecule has 0 saturated heterocycles. The second kappa shape index (κ2) is 5.35. The number of hydrogen-bond acceptors (Lipinski definition) is 4. The van der Waals surface area contributed by atoms with Crippen LogP contribution in [0, 0.1) is 12.7 Å². The molecule has 0 atom stereocenters. The summed E-state index contributed by atoms with van der Waals surface area (Å²) in [7, 11) is 0. The normalized spacial score (nSPS) is 11.0. The van der Waals surface area contributed by atoms with Crippen LogP contribution in [0.3, 0.4) is 0 Å². The Morgan fingerprint density at radius 2 is 2.19 bits per heavy atom. The smallest absolute Gasteiger partial charge is 0.343 e. The number of halogens is 1. The maximum absolute atomic E-state index is 13.6. The summed E-state index contributed by atoms with van der Waals surface area (Å²) in [6, 6.07) is 8.17. The van der Waals surface area contributed by atoms with E-state index in [1.807, 2.05) is 0 Å². The van der Waals surface area contributed by atoms with Crippen LogP contribution >= 0.6 is 0 Å². The Labute approximate surface area is 119 Å². The summed E-state index contributed by atoms with van der Waals surface area (Å²) < 4.78 is 20.1. The zero-order chi connectivity index (χ0) is 14.8. The summed E-state index contributed by atoms with van der Waals surface area (Å²) in [4.78, 5) is 11.8. The predicted octanol–water partition coefficient (Wildman–Crippen LogP) is 1.92. The standard InChI is InChI=1S/C14H13FN4O2/c1-9-8-12(21-18-9)13-16-17-14(20)19(13)7-6-10-4-2-3-5-11(10)15/h2-5,8H,6-7H2,1H3,(H,17,20). The maximum atomic E-state index is 13.6. The first-order valence-corrected chi connectivity index (χ1v) is 6.47. The molecular formula is C14H13FN4O2. The Bertz CT molecular complexity index is 818. The van der Waals surface area contributed by atoms with Gasteiger partial charge in [0.05, 0.1) is 5.69 Å². The number of nitrogens with one attached hydrogen (secondary N) is 1. The van der Waals surface area contributed by atoms with E-state index >= 15 is 0 Å². The van der Waals surface area contributed by atoms with Gasteiger partial charge in [-0.25, -0.2) is 14.3 Å². The van der Waals surface area contributed by atoms with E-state index in [9.17, 15) is 9.18 Å². The molecule has 0 aliphatic carbocycles. The van der Waals surface area contributed by atoms with E-state index < -0.39 is 0 Å². The number of rotatable bonds is 4. The second-order valence-electron chi connectivity index (χ2n) is 4.68. The third kappa shape index (κ3) is 2.62. The largest absolute Gasteiger partial charge is 0.353 e. The molecule has 0 bridgehead atoms. The molecule has 0 unspecified atom stereocenters. The maximum Gasteiger partial charge on any atom is 0.343 e. The van der Waals surface area contributed by atoms with E-state index in [0.717, 1.165) is 0 Å². The van der Waals surface area contributed by atoms with Crippen molar-refractivity contribution in [2.24, 2.45) is 0 Å². The fraction of sp³-hybridized carbons (Fsp3) is 0.214. The molecule has 108 valence electrons. The highest BCUT2D eigenvalue weighted by atomic mass is 19.1. The number of hydrogen-bond donors (Lipinski definition) is 1. The van der Waals surface area contributed by atoms with Gasteiger partial charge in [0.15, 0.2) is 0 Å². The van der Waals surface area contributed by atoms with Gasteiger partial charge < -0.3 is 4.52 Å². The van der Waals surface area contributed by atoms with Crippen LogP contribution < -0.4 is 5.69 Å². The molecule has 0 fully saturated rings. The van der Waals surface area contributed by atoms with Crippen molar-refractivity contribution in [2.45, 2.75) is 19.9 Å². The lowest BCUT2D eigenvalue weighted by molar-refractivity contribution is 0.422. The van der Waals surface area contributed by atoms with Crippen LogP contribution in [0.2, 0.25) is 0 Å². The van der Waals surface area contributed by atoms with E-state index in [1.165, 1.54) is 10.6 Å². The molecule has 3 aromatic rings. The topological polar surface area (TPSA) is 76.7 Å². The Kier molecular flexibility index (Phi) is 3.39. The van der Waals surface area contributed by atoms with Gasteiger partial charge in [-0.1, -0.05) is 23.4 Å². The molecule has 6 nitrogen and oxygen atoms in total. The van der Waals surface area contributed by atoms with E-state index in [4.69, 9.17) is 4.52 Å². The molecule has 0 radical (unpaired) electrons. The Morgan fingerprint density at radius 3 is 2.90 bits per heavy atom. The van der Waals surface area contributed by atoms with E-state index in [-0.39, 0.29) is 11.5 Å². The Hall–Kier alpha value is -2.70. The molecule has 1 N–H and O–H groups in total. The molecule has 7 heteroatoms. The lowest BCUT2D eigenvalue weighted by Gasteiger charge is -2.05. The van der Waals surface area contributed by atoms with Crippen LogP contribution in [0.25, 0.3) is 11.6 Å². The number of H-pyrrole nitrogens is 1. The molecule has 3 rings (SSSR count). The molecular weight excluding hydrogens is 275 g/mol. The van der Waals surface area contributed by atoms with Crippen LogP contribution in [0.5, 0.6) is 0 Å². The van der Waals surface area contributed by atoms with Crippen LogP contribution in [0.4, 0.5) is 4.39 Å². The van der Waals surface area contributed by atoms with E-state index in [0.29, 0.717) is 35.8 Å². The van der Waals surface area contributed by atoms with Crippen molar-refractivity contribution in [3.05, 3.63) is 57.9 Å². The van der Waals surface area contributed by atoms with Crippen LogP contribution in [0.15, 0.2) is 39.6 Å². The zero-order valence-electron chi connectivity index (χ0n) is 11.3. The van der Waals surface area contributed by atoms with Crippen molar-refractivity contribution in [3.63, 3.8) is 0 Å². The van der Waals surface area contributed by atoms with Crippen molar-refractivity contribution >= 4 is 0 Å². The number of aryl methyl sites for hydroxylation is 2. The molecule has 0 aliphatic rings. The molecule has 1 aromatic carbocycles. The minimum absolute atomic E-state index is 0.286. The fourth-order valence-corrected chi connectivity index (χ4v) is 2.12. The summed E-state index contributed by atoms with van der Waals surface area (Å²) in [5, 5.41) is 10.1. The molecule has 0 amide bonds. The van der Waals surface area contributed by atoms with E-state index in [2.05, 4.69) is 15.4 Å². The lowest BCUT2D eigenvalue weighted by Crippen LogP contribution is -2.19. The average molecular weight is 288 g/mol. The van der Waals surface area contributed by atoms with Gasteiger partial charge in [0, 0.05) is 12.6 Å². The molecule has 21 heavy (non-hydrogen) atoms. The van der Waals surface area contributed by atoms with Gasteiger partial charge in [-0.3, -0.25) is 4.57 Å². The van der Waals surface area contributed by atoms with Crippen LogP contribution in [-0.4, -0.2) is 19.9 Å². The van der Waals surface area contributed by atoms with Gasteiger partial charge in [-0.05, 0) is 25.0 Å². The highest BCUT2D eigenvalue weighted by molar-refractivity contribution is 5.46. The van der Waals surface area contributed by atoms with Crippen LogP contribution in [-0.2, 0) is 13.0 Å². The number of benzene rings is 1. The highest BCUT2D eigenvalue weighted by Gasteiger charge is 2.15. The number of aromatic nitrogens is 4. The van der Waals surface area contributed by atoms with Crippen molar-refractivity contribution in [1.29, 1.82) is 0 Å². The quantitative estimate of drug-likeness (QED) is 0.795. The monoisotopic (exact) mass is 288 g/mol. The summed E-state index contributed by atoms with van der Waals surface area (Å²) >= 11 is 0. The van der Waals surface area contributed by atoms with Gasteiger partial charge in [-0.2, -0.15) is 0 Å². The van der Waals surface area contributed by atoms with Gasteiger partial charge in [-0.15, -0.1) is 5.10 Å². The third-order valence-electron chi connectivity index (χ3n) is 3.17. The minimum Gasteiger partial charge on any atom is -0.353 e. The summed E-state index contributed by atoms with van der Waals surface area (Å²) in [6.07, 6.45) is 0.381. The molecule has 0 aliphatic heterocycles. The van der Waals surface area contributed by atoms with Crippen molar-refractivity contribution in [2.75, 3.05) is 0 Å². The van der Waals surface area contributed by atoms with Crippen molar-refractivity contribution in [1.82, 2.24) is 19.9 Å². The molecule has 0 spiro atoms. The first kappa shape index (κ1) is 13.3. The summed E-state index contributed by atoms with van der Waals surface area (Å²) in [5.41, 5.74) is 0.877. The van der Waals surface area contributed by atoms with Crippen LogP contribution in [0.1, 0.15) is 11.3 Å². The van der Waals surface area contributed by atoms with Gasteiger partial charge in [0.2, 0.25) is 11.6 Å². The zero-order valence-corrected chi connectivity index (χ0v) is 11.3. The van der Waals surface area contributed by atoms with Gasteiger partial charge in [0.25, 0.3) is 0 Å². The second-order valence-corrected chi connectivity index (χ2v) is 4.68.